The van der Waals surface area contributed by atoms with E-state index in [9.17, 15) is 4.79 Å². The molecule has 1 amide bonds. The summed E-state index contributed by atoms with van der Waals surface area (Å²) in [4.78, 5) is 15.2. The van der Waals surface area contributed by atoms with Crippen LogP contribution in [0.2, 0.25) is 0 Å². The minimum absolute atomic E-state index is 0.148. The number of benzene rings is 1. The molecule has 1 aromatic heterocycles. The fraction of sp³-hybridized carbons (Fsp3) is 0.167. The lowest BCUT2D eigenvalue weighted by molar-refractivity contribution is -0.114. The molecule has 1 aromatic carbocycles. The van der Waals surface area contributed by atoms with Crippen LogP contribution in [-0.4, -0.2) is 10.9 Å². The zero-order chi connectivity index (χ0) is 11.7. The molecule has 0 aliphatic heterocycles. The zero-order valence-electron chi connectivity index (χ0n) is 9.24. The van der Waals surface area contributed by atoms with Crippen LogP contribution in [0, 0.1) is 6.92 Å². The van der Waals surface area contributed by atoms with E-state index in [-0.39, 0.29) is 5.91 Å². The number of nitrogens with zero attached hydrogens (tertiary/aromatic N) is 1. The Labute approximate surface area is 93.5 Å². The van der Waals surface area contributed by atoms with Gasteiger partial charge in [-0.2, -0.15) is 0 Å². The highest BCUT2D eigenvalue weighted by Gasteiger charge is 2.09. The maximum Gasteiger partial charge on any atom is 0.222 e. The number of fused-ring (bicyclic) bond motifs is 1. The quantitative estimate of drug-likeness (QED) is 0.765. The second-order valence-corrected chi connectivity index (χ2v) is 3.70. The lowest BCUT2D eigenvalue weighted by atomic mass is 10.1. The fourth-order valence-corrected chi connectivity index (χ4v) is 1.71. The third-order valence-corrected chi connectivity index (χ3v) is 2.49. The predicted molar refractivity (Wildman–Crippen MR) is 65.2 cm³/mol. The minimum atomic E-state index is -0.148. The largest absolute Gasteiger partial charge is 0.383 e. The summed E-state index contributed by atoms with van der Waals surface area (Å²) in [6, 6.07) is 7.74. The van der Waals surface area contributed by atoms with E-state index in [4.69, 9.17) is 5.73 Å². The maximum absolute atomic E-state index is 11.0. The van der Waals surface area contributed by atoms with Crippen LogP contribution in [0.15, 0.2) is 24.3 Å². The summed E-state index contributed by atoms with van der Waals surface area (Å²) < 4.78 is 0. The van der Waals surface area contributed by atoms with Crippen molar-refractivity contribution < 1.29 is 4.79 Å². The number of nitrogens with one attached hydrogen (secondary N) is 1. The van der Waals surface area contributed by atoms with Crippen LogP contribution in [0.5, 0.6) is 0 Å². The molecule has 4 nitrogen and oxygen atoms in total. The first-order valence-electron chi connectivity index (χ1n) is 5.02. The van der Waals surface area contributed by atoms with Crippen LogP contribution in [0.25, 0.3) is 10.8 Å². The van der Waals surface area contributed by atoms with Gasteiger partial charge in [0.25, 0.3) is 0 Å². The number of carbonyl (C=O) groups excluding carboxylic acids is 1. The summed E-state index contributed by atoms with van der Waals surface area (Å²) in [5, 5.41) is 4.60. The molecule has 0 spiro atoms. The molecule has 0 fully saturated rings. The molecule has 0 unspecified atom stereocenters. The number of anilines is 2. The molecule has 2 aromatic rings. The normalized spacial score (nSPS) is 10.4. The Hall–Kier alpha value is -2.10. The second-order valence-electron chi connectivity index (χ2n) is 3.70. The van der Waals surface area contributed by atoms with Crippen molar-refractivity contribution >= 4 is 28.3 Å². The van der Waals surface area contributed by atoms with E-state index in [0.29, 0.717) is 11.6 Å². The van der Waals surface area contributed by atoms with Gasteiger partial charge in [0.05, 0.1) is 0 Å². The van der Waals surface area contributed by atoms with E-state index in [0.717, 1.165) is 16.3 Å². The number of carbonyl (C=O) groups is 1. The maximum atomic E-state index is 11.0. The molecule has 2 rings (SSSR count). The van der Waals surface area contributed by atoms with Crippen LogP contribution in [0.1, 0.15) is 12.5 Å². The van der Waals surface area contributed by atoms with Crippen molar-refractivity contribution in [3.05, 3.63) is 29.8 Å². The Balaban J connectivity index is 2.70. The average molecular weight is 215 g/mol. The molecule has 0 saturated heterocycles. The molecule has 4 heteroatoms. The van der Waals surface area contributed by atoms with E-state index >= 15 is 0 Å². The van der Waals surface area contributed by atoms with Crippen LogP contribution in [-0.2, 0) is 4.79 Å². The first-order valence-corrected chi connectivity index (χ1v) is 5.02. The van der Waals surface area contributed by atoms with Crippen molar-refractivity contribution in [2.75, 3.05) is 11.1 Å². The first-order chi connectivity index (χ1) is 7.59. The fourth-order valence-electron chi connectivity index (χ4n) is 1.71. The van der Waals surface area contributed by atoms with E-state index in [1.807, 2.05) is 31.2 Å². The Morgan fingerprint density at radius 3 is 2.56 bits per heavy atom. The van der Waals surface area contributed by atoms with Gasteiger partial charge in [0.15, 0.2) is 0 Å². The molecular weight excluding hydrogens is 202 g/mol. The number of nitrogen functional groups attached to an aromatic ring is 1. The Morgan fingerprint density at radius 2 is 1.94 bits per heavy atom. The van der Waals surface area contributed by atoms with Crippen LogP contribution in [0.3, 0.4) is 0 Å². The highest BCUT2D eigenvalue weighted by molar-refractivity contribution is 5.98. The number of nitrogens with two attached hydrogens (primary N) is 1. The molecule has 0 radical (unpaired) electrons. The smallest absolute Gasteiger partial charge is 0.222 e. The highest BCUT2D eigenvalue weighted by atomic mass is 16.1. The van der Waals surface area contributed by atoms with Crippen molar-refractivity contribution in [2.24, 2.45) is 0 Å². The van der Waals surface area contributed by atoms with Gasteiger partial charge in [-0.25, -0.2) is 4.98 Å². The zero-order valence-corrected chi connectivity index (χ0v) is 9.24. The van der Waals surface area contributed by atoms with Gasteiger partial charge < -0.3 is 11.1 Å². The van der Waals surface area contributed by atoms with E-state index in [1.54, 1.807) is 0 Å². The Bertz CT molecular complexity index is 563. The van der Waals surface area contributed by atoms with Gasteiger partial charge in [0.2, 0.25) is 5.91 Å². The molecule has 0 bridgehead atoms. The van der Waals surface area contributed by atoms with Gasteiger partial charge in [-0.05, 0) is 17.9 Å². The summed E-state index contributed by atoms with van der Waals surface area (Å²) in [5.74, 6) is 0.818. The number of pyridine rings is 1. The van der Waals surface area contributed by atoms with Crippen molar-refractivity contribution in [2.45, 2.75) is 13.8 Å². The molecule has 3 N–H and O–H groups in total. The molecule has 0 atom stereocenters. The Morgan fingerprint density at radius 1 is 1.31 bits per heavy atom. The molecular formula is C12H13N3O. The van der Waals surface area contributed by atoms with Gasteiger partial charge in [0, 0.05) is 12.3 Å². The molecule has 82 valence electrons. The Kier molecular flexibility index (Phi) is 2.48. The first kappa shape index (κ1) is 10.4. The number of rotatable bonds is 1. The summed E-state index contributed by atoms with van der Waals surface area (Å²) in [6.45, 7) is 3.37. The van der Waals surface area contributed by atoms with Crippen LogP contribution >= 0.6 is 0 Å². The van der Waals surface area contributed by atoms with Gasteiger partial charge in [-0.15, -0.1) is 0 Å². The van der Waals surface area contributed by atoms with Gasteiger partial charge in [-0.1, -0.05) is 24.3 Å². The average Bonchev–Trinajstić information content (AvgIpc) is 2.25. The summed E-state index contributed by atoms with van der Waals surface area (Å²) in [7, 11) is 0. The molecule has 0 saturated carbocycles. The van der Waals surface area contributed by atoms with Crippen LogP contribution in [0.4, 0.5) is 11.6 Å². The van der Waals surface area contributed by atoms with E-state index in [2.05, 4.69) is 10.3 Å². The molecule has 0 aliphatic rings. The number of amides is 1. The van der Waals surface area contributed by atoms with Crippen molar-refractivity contribution in [3.63, 3.8) is 0 Å². The van der Waals surface area contributed by atoms with Gasteiger partial charge in [0.1, 0.15) is 11.6 Å². The van der Waals surface area contributed by atoms with E-state index in [1.165, 1.54) is 6.92 Å². The van der Waals surface area contributed by atoms with Crippen LogP contribution < -0.4 is 11.1 Å². The monoisotopic (exact) mass is 215 g/mol. The van der Waals surface area contributed by atoms with Gasteiger partial charge in [-0.3, -0.25) is 4.79 Å². The van der Waals surface area contributed by atoms with E-state index < -0.39 is 0 Å². The second kappa shape index (κ2) is 3.81. The summed E-state index contributed by atoms with van der Waals surface area (Å²) in [5.41, 5.74) is 6.77. The third kappa shape index (κ3) is 1.69. The van der Waals surface area contributed by atoms with Crippen molar-refractivity contribution in [1.82, 2.24) is 4.98 Å². The van der Waals surface area contributed by atoms with Crippen molar-refractivity contribution in [3.8, 4) is 0 Å². The number of hydrogen-bond acceptors (Lipinski definition) is 3. The number of hydrogen-bond donors (Lipinski definition) is 2. The standard InChI is InChI=1S/C12H13N3O/c1-7-9-5-3-4-6-10(9)11(13)15-12(7)14-8(2)16/h3-6H,1-2H3,(H3,13,14,15,16). The summed E-state index contributed by atoms with van der Waals surface area (Å²) in [6.07, 6.45) is 0. The molecule has 0 aliphatic carbocycles. The third-order valence-electron chi connectivity index (χ3n) is 2.49. The minimum Gasteiger partial charge on any atom is -0.383 e. The van der Waals surface area contributed by atoms with Crippen molar-refractivity contribution in [1.29, 1.82) is 0 Å². The van der Waals surface area contributed by atoms with Gasteiger partial charge >= 0.3 is 0 Å². The SMILES string of the molecule is CC(=O)Nc1nc(N)c2ccccc2c1C. The lowest BCUT2D eigenvalue weighted by Gasteiger charge is -2.10. The summed E-state index contributed by atoms with van der Waals surface area (Å²) >= 11 is 0. The predicted octanol–water partition coefficient (Wildman–Crippen LogP) is 2.08. The topological polar surface area (TPSA) is 68.0 Å². The molecule has 16 heavy (non-hydrogen) atoms. The lowest BCUT2D eigenvalue weighted by Crippen LogP contribution is -2.10. The number of aromatic nitrogens is 1. The highest BCUT2D eigenvalue weighted by Crippen LogP contribution is 2.27. The number of aryl methyl sites for hydroxylation is 1. The molecule has 1 heterocycles.